The van der Waals surface area contributed by atoms with E-state index in [0.29, 0.717) is 12.0 Å². The summed E-state index contributed by atoms with van der Waals surface area (Å²) in [4.78, 5) is 14.3. The average molecular weight is 297 g/mol. The van der Waals surface area contributed by atoms with Gasteiger partial charge in [0.25, 0.3) is 5.91 Å². The molecule has 1 aromatic carbocycles. The zero-order valence-electron chi connectivity index (χ0n) is 12.6. The Kier molecular flexibility index (Phi) is 6.50. The molecule has 1 fully saturated rings. The number of carbonyl (C=O) groups excluding carboxylic acids is 1. The molecule has 3 nitrogen and oxygen atoms in total. The summed E-state index contributed by atoms with van der Waals surface area (Å²) < 4.78 is 0. The number of hydrogen-bond acceptors (Lipinski definition) is 2. The summed E-state index contributed by atoms with van der Waals surface area (Å²) in [6.45, 7) is 6.31. The van der Waals surface area contributed by atoms with Crippen LogP contribution in [0.3, 0.4) is 0 Å². The lowest BCUT2D eigenvalue weighted by Gasteiger charge is -2.31. The maximum Gasteiger partial charge on any atom is 0.253 e. The molecule has 0 aromatic heterocycles. The molecule has 1 saturated heterocycles. The van der Waals surface area contributed by atoms with Gasteiger partial charge in [-0.3, -0.25) is 4.79 Å². The van der Waals surface area contributed by atoms with Crippen LogP contribution < -0.4 is 5.32 Å². The van der Waals surface area contributed by atoms with Crippen LogP contribution in [0.25, 0.3) is 0 Å². The van der Waals surface area contributed by atoms with E-state index >= 15 is 0 Å². The van der Waals surface area contributed by atoms with E-state index in [1.165, 1.54) is 5.56 Å². The molecule has 1 heterocycles. The van der Waals surface area contributed by atoms with Crippen LogP contribution in [0.1, 0.15) is 48.5 Å². The zero-order valence-corrected chi connectivity index (χ0v) is 13.4. The van der Waals surface area contributed by atoms with Gasteiger partial charge in [-0.2, -0.15) is 0 Å². The molecule has 1 N–H and O–H groups in total. The fourth-order valence-electron chi connectivity index (χ4n) is 2.54. The number of hydrogen-bond donors (Lipinski definition) is 1. The Bertz CT molecular complexity index is 425. The predicted octanol–water partition coefficient (Wildman–Crippen LogP) is 3.06. The first kappa shape index (κ1) is 17.0. The van der Waals surface area contributed by atoms with Crippen molar-refractivity contribution in [2.24, 2.45) is 0 Å². The summed E-state index contributed by atoms with van der Waals surface area (Å²) in [5.41, 5.74) is 2.07. The number of halogens is 1. The average Bonchev–Trinajstić information content (AvgIpc) is 2.46. The quantitative estimate of drug-likeness (QED) is 0.930. The van der Waals surface area contributed by atoms with Crippen LogP contribution in [-0.4, -0.2) is 37.0 Å². The number of benzene rings is 1. The van der Waals surface area contributed by atoms with Crippen molar-refractivity contribution in [1.29, 1.82) is 0 Å². The van der Waals surface area contributed by atoms with Gasteiger partial charge in [-0.15, -0.1) is 12.4 Å². The number of nitrogens with one attached hydrogen (secondary N) is 1. The van der Waals surface area contributed by atoms with E-state index in [2.05, 4.69) is 31.3 Å². The van der Waals surface area contributed by atoms with Crippen molar-refractivity contribution >= 4 is 18.3 Å². The fourth-order valence-corrected chi connectivity index (χ4v) is 2.54. The van der Waals surface area contributed by atoms with E-state index in [0.717, 1.165) is 31.5 Å². The summed E-state index contributed by atoms with van der Waals surface area (Å²) in [7, 11) is 1.91. The third kappa shape index (κ3) is 3.97. The molecule has 1 amide bonds. The van der Waals surface area contributed by atoms with E-state index in [1.807, 2.05) is 24.1 Å². The summed E-state index contributed by atoms with van der Waals surface area (Å²) in [6.07, 6.45) is 2.24. The van der Waals surface area contributed by atoms with Crippen LogP contribution in [0.15, 0.2) is 24.3 Å². The number of nitrogens with zero attached hydrogens (tertiary/aromatic N) is 1. The molecule has 112 valence electrons. The van der Waals surface area contributed by atoms with Crippen molar-refractivity contribution in [3.63, 3.8) is 0 Å². The lowest BCUT2D eigenvalue weighted by Crippen LogP contribution is -2.46. The summed E-state index contributed by atoms with van der Waals surface area (Å²) in [5.74, 6) is 0.633. The highest BCUT2D eigenvalue weighted by atomic mass is 35.5. The van der Waals surface area contributed by atoms with Crippen molar-refractivity contribution in [1.82, 2.24) is 10.2 Å². The van der Waals surface area contributed by atoms with Crippen molar-refractivity contribution in [2.45, 2.75) is 38.6 Å². The van der Waals surface area contributed by atoms with Gasteiger partial charge in [0.05, 0.1) is 0 Å². The molecule has 0 aliphatic carbocycles. The third-order valence-corrected chi connectivity index (χ3v) is 3.96. The van der Waals surface area contributed by atoms with Gasteiger partial charge in [0, 0.05) is 25.2 Å². The molecule has 1 aliphatic heterocycles. The molecule has 0 radical (unpaired) electrons. The van der Waals surface area contributed by atoms with E-state index in [9.17, 15) is 4.79 Å². The Morgan fingerprint density at radius 2 is 1.95 bits per heavy atom. The molecule has 20 heavy (non-hydrogen) atoms. The Morgan fingerprint density at radius 1 is 1.30 bits per heavy atom. The molecule has 2 rings (SSSR count). The van der Waals surface area contributed by atoms with E-state index in [1.54, 1.807) is 0 Å². The molecule has 1 atom stereocenters. The minimum Gasteiger partial charge on any atom is -0.337 e. The van der Waals surface area contributed by atoms with Gasteiger partial charge in [0.2, 0.25) is 0 Å². The van der Waals surface area contributed by atoms with Gasteiger partial charge in [0.15, 0.2) is 0 Å². The van der Waals surface area contributed by atoms with Crippen LogP contribution in [0.4, 0.5) is 0 Å². The highest BCUT2D eigenvalue weighted by molar-refractivity contribution is 5.94. The van der Waals surface area contributed by atoms with Crippen LogP contribution in [0, 0.1) is 0 Å². The SMILES string of the molecule is CC(C)c1ccc(C(=O)N(C)[C@H]2CCCNC2)cc1.Cl. The fraction of sp³-hybridized carbons (Fsp3) is 0.562. The largest absolute Gasteiger partial charge is 0.337 e. The Balaban J connectivity index is 0.00000200. The zero-order chi connectivity index (χ0) is 13.8. The van der Waals surface area contributed by atoms with E-state index in [4.69, 9.17) is 0 Å². The smallest absolute Gasteiger partial charge is 0.253 e. The van der Waals surface area contributed by atoms with Gasteiger partial charge in [0.1, 0.15) is 0 Å². The topological polar surface area (TPSA) is 32.3 Å². The van der Waals surface area contributed by atoms with Crippen molar-refractivity contribution < 1.29 is 4.79 Å². The standard InChI is InChI=1S/C16H24N2O.ClH/c1-12(2)13-6-8-14(9-7-13)16(19)18(3)15-5-4-10-17-11-15;/h6-9,12,15,17H,4-5,10-11H2,1-3H3;1H/t15-;/m0./s1. The second kappa shape index (κ2) is 7.65. The van der Waals surface area contributed by atoms with Crippen molar-refractivity contribution in [3.05, 3.63) is 35.4 Å². The Morgan fingerprint density at radius 3 is 2.45 bits per heavy atom. The molecule has 0 spiro atoms. The second-order valence-corrected chi connectivity index (χ2v) is 5.69. The molecular weight excluding hydrogens is 272 g/mol. The van der Waals surface area contributed by atoms with Gasteiger partial charge < -0.3 is 10.2 Å². The molecule has 4 heteroatoms. The van der Waals surface area contributed by atoms with E-state index in [-0.39, 0.29) is 18.3 Å². The maximum absolute atomic E-state index is 12.4. The lowest BCUT2D eigenvalue weighted by molar-refractivity contribution is 0.0708. The van der Waals surface area contributed by atoms with Crippen LogP contribution in [0.2, 0.25) is 0 Å². The highest BCUT2D eigenvalue weighted by Crippen LogP contribution is 2.17. The first-order valence-corrected chi connectivity index (χ1v) is 7.17. The van der Waals surface area contributed by atoms with Crippen LogP contribution >= 0.6 is 12.4 Å². The van der Waals surface area contributed by atoms with Gasteiger partial charge in [-0.1, -0.05) is 26.0 Å². The number of carbonyl (C=O) groups is 1. The number of amides is 1. The van der Waals surface area contributed by atoms with Crippen molar-refractivity contribution in [2.75, 3.05) is 20.1 Å². The maximum atomic E-state index is 12.4. The van der Waals surface area contributed by atoms with Crippen molar-refractivity contribution in [3.8, 4) is 0 Å². The Hall–Kier alpha value is -1.06. The molecular formula is C16H25ClN2O. The minimum absolute atomic E-state index is 0. The first-order chi connectivity index (χ1) is 9.09. The summed E-state index contributed by atoms with van der Waals surface area (Å²) >= 11 is 0. The van der Waals surface area contributed by atoms with Crippen LogP contribution in [-0.2, 0) is 0 Å². The predicted molar refractivity (Wildman–Crippen MR) is 85.8 cm³/mol. The Labute approximate surface area is 128 Å². The minimum atomic E-state index is 0. The third-order valence-electron chi connectivity index (χ3n) is 3.96. The highest BCUT2D eigenvalue weighted by Gasteiger charge is 2.22. The molecule has 1 aliphatic rings. The van der Waals surface area contributed by atoms with Gasteiger partial charge in [-0.25, -0.2) is 0 Å². The monoisotopic (exact) mass is 296 g/mol. The molecule has 1 aromatic rings. The molecule has 0 unspecified atom stereocenters. The normalized spacial score (nSPS) is 18.5. The van der Waals surface area contributed by atoms with Gasteiger partial charge in [-0.05, 0) is 43.0 Å². The van der Waals surface area contributed by atoms with Gasteiger partial charge >= 0.3 is 0 Å². The number of likely N-dealkylation sites (N-methyl/N-ethyl adjacent to an activating group) is 1. The lowest BCUT2D eigenvalue weighted by atomic mass is 10.0. The number of piperidine rings is 1. The van der Waals surface area contributed by atoms with Crippen LogP contribution in [0.5, 0.6) is 0 Å². The molecule has 0 bridgehead atoms. The summed E-state index contributed by atoms with van der Waals surface area (Å²) in [6, 6.07) is 8.34. The first-order valence-electron chi connectivity index (χ1n) is 7.17. The second-order valence-electron chi connectivity index (χ2n) is 5.69. The van der Waals surface area contributed by atoms with E-state index < -0.39 is 0 Å². The molecule has 0 saturated carbocycles. The number of rotatable bonds is 3. The summed E-state index contributed by atoms with van der Waals surface area (Å²) in [5, 5.41) is 3.35.